The SMILES string of the molecule is C.C.CNC1c2ccccc2-c2ccc(-[n+]3ccc(-c4cc[n+](Cc5nc6ccccc6[nH]5)cc4)cc3)cc21. The minimum Gasteiger partial charge on any atom is -0.337 e. The molecule has 5 nitrogen and oxygen atoms in total. The molecule has 7 rings (SSSR count). The summed E-state index contributed by atoms with van der Waals surface area (Å²) in [6, 6.07) is 32.5. The van der Waals surface area contributed by atoms with Gasteiger partial charge in [-0.25, -0.2) is 4.98 Å². The number of benzene rings is 3. The van der Waals surface area contributed by atoms with Gasteiger partial charge in [0.25, 0.3) is 0 Å². The highest BCUT2D eigenvalue weighted by Crippen LogP contribution is 2.43. The van der Waals surface area contributed by atoms with Crippen molar-refractivity contribution in [2.45, 2.75) is 27.4 Å². The standard InChI is InChI=1S/C32H26N5.2CH4/c1-33-32-27-7-3-2-6-25(27)26-11-10-24(20-28(26)32)37-18-14-23(15-19-37)22-12-16-36(17-13-22)21-31-34-29-8-4-5-9-30(29)35-31;;/h2-20,32-33H,21H2,1H3;2*1H4/q+1;;/p+1. The molecular weight excluding hydrogens is 478 g/mol. The van der Waals surface area contributed by atoms with Crippen LogP contribution in [-0.4, -0.2) is 17.0 Å². The maximum absolute atomic E-state index is 4.69. The van der Waals surface area contributed by atoms with Gasteiger partial charge in [0.2, 0.25) is 12.2 Å². The summed E-state index contributed by atoms with van der Waals surface area (Å²) in [7, 11) is 2.03. The molecule has 39 heavy (non-hydrogen) atoms. The van der Waals surface area contributed by atoms with E-state index in [0.717, 1.165) is 22.5 Å². The van der Waals surface area contributed by atoms with Crippen LogP contribution in [0, 0.1) is 0 Å². The van der Waals surface area contributed by atoms with Gasteiger partial charge in [0, 0.05) is 36.4 Å². The highest BCUT2D eigenvalue weighted by atomic mass is 15.0. The first-order valence-electron chi connectivity index (χ1n) is 12.6. The largest absolute Gasteiger partial charge is 0.337 e. The lowest BCUT2D eigenvalue weighted by Crippen LogP contribution is -2.33. The Morgan fingerprint density at radius 3 is 2.15 bits per heavy atom. The number of rotatable bonds is 5. The molecule has 194 valence electrons. The Labute approximate surface area is 230 Å². The van der Waals surface area contributed by atoms with Crippen molar-refractivity contribution in [1.29, 1.82) is 0 Å². The van der Waals surface area contributed by atoms with Crippen molar-refractivity contribution in [3.63, 3.8) is 0 Å². The van der Waals surface area contributed by atoms with E-state index in [0.29, 0.717) is 6.54 Å². The van der Waals surface area contributed by atoms with E-state index in [-0.39, 0.29) is 20.9 Å². The molecule has 2 N–H and O–H groups in total. The topological polar surface area (TPSA) is 48.5 Å². The van der Waals surface area contributed by atoms with Crippen LogP contribution in [0.2, 0.25) is 0 Å². The number of aromatic nitrogens is 4. The molecule has 3 aromatic carbocycles. The van der Waals surface area contributed by atoms with Crippen LogP contribution in [0.3, 0.4) is 0 Å². The minimum absolute atomic E-state index is 0. The summed E-state index contributed by atoms with van der Waals surface area (Å²) in [6.07, 6.45) is 8.51. The zero-order valence-electron chi connectivity index (χ0n) is 20.6. The van der Waals surface area contributed by atoms with Crippen LogP contribution in [0.25, 0.3) is 39.0 Å². The van der Waals surface area contributed by atoms with E-state index in [9.17, 15) is 0 Å². The number of H-pyrrole nitrogens is 1. The van der Waals surface area contributed by atoms with E-state index in [4.69, 9.17) is 0 Å². The Bertz CT molecular complexity index is 1700. The van der Waals surface area contributed by atoms with Crippen LogP contribution in [0.4, 0.5) is 0 Å². The van der Waals surface area contributed by atoms with E-state index < -0.39 is 0 Å². The van der Waals surface area contributed by atoms with Crippen LogP contribution < -0.4 is 14.5 Å². The number of nitrogens with zero attached hydrogens (tertiary/aromatic N) is 3. The minimum atomic E-state index is 0. The Morgan fingerprint density at radius 1 is 0.744 bits per heavy atom. The van der Waals surface area contributed by atoms with Gasteiger partial charge in [0.1, 0.15) is 0 Å². The zero-order chi connectivity index (χ0) is 24.8. The fourth-order valence-corrected chi connectivity index (χ4v) is 5.47. The molecule has 0 amide bonds. The van der Waals surface area contributed by atoms with Gasteiger partial charge in [-0.15, -0.1) is 0 Å². The predicted molar refractivity (Wildman–Crippen MR) is 159 cm³/mol. The third-order valence-electron chi connectivity index (χ3n) is 7.32. The van der Waals surface area contributed by atoms with Crippen molar-refractivity contribution < 1.29 is 9.13 Å². The highest BCUT2D eigenvalue weighted by Gasteiger charge is 2.28. The highest BCUT2D eigenvalue weighted by molar-refractivity contribution is 5.79. The van der Waals surface area contributed by atoms with Crippen LogP contribution in [0.5, 0.6) is 0 Å². The van der Waals surface area contributed by atoms with Gasteiger partial charge in [-0.3, -0.25) is 0 Å². The Morgan fingerprint density at radius 2 is 1.41 bits per heavy atom. The average molecular weight is 514 g/mol. The maximum Gasteiger partial charge on any atom is 0.210 e. The quantitative estimate of drug-likeness (QED) is 0.262. The number of imidazole rings is 1. The van der Waals surface area contributed by atoms with Gasteiger partial charge < -0.3 is 10.3 Å². The summed E-state index contributed by atoms with van der Waals surface area (Å²) >= 11 is 0. The van der Waals surface area contributed by atoms with E-state index >= 15 is 0 Å². The van der Waals surface area contributed by atoms with E-state index in [2.05, 4.69) is 122 Å². The van der Waals surface area contributed by atoms with Crippen molar-refractivity contribution in [3.05, 3.63) is 133 Å². The van der Waals surface area contributed by atoms with Crippen molar-refractivity contribution in [3.8, 4) is 27.9 Å². The molecule has 3 aromatic heterocycles. The second-order valence-corrected chi connectivity index (χ2v) is 9.53. The number of hydrogen-bond donors (Lipinski definition) is 2. The lowest BCUT2D eigenvalue weighted by molar-refractivity contribution is -0.689. The zero-order valence-corrected chi connectivity index (χ0v) is 20.6. The van der Waals surface area contributed by atoms with Crippen LogP contribution >= 0.6 is 0 Å². The molecule has 0 radical (unpaired) electrons. The first-order chi connectivity index (χ1) is 18.3. The van der Waals surface area contributed by atoms with Crippen molar-refractivity contribution >= 4 is 11.0 Å². The predicted octanol–water partition coefficient (Wildman–Crippen LogP) is 6.40. The monoisotopic (exact) mass is 513 g/mol. The van der Waals surface area contributed by atoms with Crippen LogP contribution in [-0.2, 0) is 6.54 Å². The van der Waals surface area contributed by atoms with Gasteiger partial charge in [-0.1, -0.05) is 51.3 Å². The van der Waals surface area contributed by atoms with Crippen LogP contribution in [0.1, 0.15) is 37.8 Å². The molecule has 1 atom stereocenters. The summed E-state index contributed by atoms with van der Waals surface area (Å²) in [5.41, 5.74) is 10.9. The number of fused-ring (bicyclic) bond motifs is 4. The Hall–Kier alpha value is -4.61. The number of para-hydroxylation sites is 2. The van der Waals surface area contributed by atoms with Gasteiger partial charge >= 0.3 is 0 Å². The molecule has 0 spiro atoms. The second kappa shape index (κ2) is 10.6. The lowest BCUT2D eigenvalue weighted by Gasteiger charge is -2.12. The molecule has 6 aromatic rings. The van der Waals surface area contributed by atoms with Gasteiger partial charge in [0.15, 0.2) is 30.6 Å². The summed E-state index contributed by atoms with van der Waals surface area (Å²) in [5.74, 6) is 0.956. The fourth-order valence-electron chi connectivity index (χ4n) is 5.47. The first kappa shape index (κ1) is 26.0. The molecule has 0 saturated heterocycles. The average Bonchev–Trinajstić information content (AvgIpc) is 3.51. The molecule has 0 aliphatic heterocycles. The van der Waals surface area contributed by atoms with Crippen molar-refractivity contribution in [2.75, 3.05) is 7.05 Å². The second-order valence-electron chi connectivity index (χ2n) is 9.53. The van der Waals surface area contributed by atoms with Crippen LogP contribution in [0.15, 0.2) is 116 Å². The summed E-state index contributed by atoms with van der Waals surface area (Å²) in [6.45, 7) is 0.708. The molecule has 3 heterocycles. The number of pyridine rings is 2. The summed E-state index contributed by atoms with van der Waals surface area (Å²) in [4.78, 5) is 8.09. The Kier molecular flexibility index (Phi) is 7.09. The van der Waals surface area contributed by atoms with Crippen molar-refractivity contribution in [1.82, 2.24) is 15.3 Å². The van der Waals surface area contributed by atoms with E-state index in [1.165, 1.54) is 33.4 Å². The summed E-state index contributed by atoms with van der Waals surface area (Å²) in [5, 5.41) is 3.49. The summed E-state index contributed by atoms with van der Waals surface area (Å²) < 4.78 is 4.33. The third kappa shape index (κ3) is 4.62. The van der Waals surface area contributed by atoms with Gasteiger partial charge in [0.05, 0.1) is 17.1 Å². The molecule has 0 bridgehead atoms. The van der Waals surface area contributed by atoms with E-state index in [1.54, 1.807) is 0 Å². The number of nitrogens with one attached hydrogen (secondary N) is 2. The molecule has 1 aliphatic carbocycles. The van der Waals surface area contributed by atoms with E-state index in [1.807, 2.05) is 25.2 Å². The molecule has 0 fully saturated rings. The molecule has 0 saturated carbocycles. The fraction of sp³-hybridized carbons (Fsp3) is 0.147. The lowest BCUT2D eigenvalue weighted by atomic mass is 10.0. The normalized spacial score (nSPS) is 13.3. The number of aromatic amines is 1. The smallest absolute Gasteiger partial charge is 0.210 e. The molecule has 5 heteroatoms. The van der Waals surface area contributed by atoms with Gasteiger partial charge in [-0.2, -0.15) is 9.13 Å². The first-order valence-corrected chi connectivity index (χ1v) is 12.6. The molecule has 1 unspecified atom stereocenters. The third-order valence-corrected chi connectivity index (χ3v) is 7.32. The Balaban J connectivity index is 0.00000154. The van der Waals surface area contributed by atoms with Crippen molar-refractivity contribution in [2.24, 2.45) is 0 Å². The molecular formula is C34H35N5+2. The number of hydrogen-bond acceptors (Lipinski definition) is 2. The van der Waals surface area contributed by atoms with Gasteiger partial charge in [-0.05, 0) is 58.6 Å². The maximum atomic E-state index is 4.69. The molecule has 1 aliphatic rings.